The molecule has 1 unspecified atom stereocenters. The van der Waals surface area contributed by atoms with Gasteiger partial charge in [0.15, 0.2) is 0 Å². The molecule has 108 valence electrons. The van der Waals surface area contributed by atoms with Crippen LogP contribution in [0.15, 0.2) is 48.5 Å². The van der Waals surface area contributed by atoms with Crippen LogP contribution in [0, 0.1) is 5.92 Å². The molecule has 3 rings (SSSR count). The Hall–Kier alpha value is -2.29. The third-order valence-electron chi connectivity index (χ3n) is 3.92. The molecule has 1 heterocycles. The molecule has 1 aliphatic rings. The van der Waals surface area contributed by atoms with Gasteiger partial charge in [0.2, 0.25) is 0 Å². The molecule has 0 saturated carbocycles. The van der Waals surface area contributed by atoms with Crippen molar-refractivity contribution in [3.63, 3.8) is 0 Å². The van der Waals surface area contributed by atoms with Gasteiger partial charge >= 0.3 is 0 Å². The number of amides is 1. The highest BCUT2D eigenvalue weighted by atomic mass is 16.5. The summed E-state index contributed by atoms with van der Waals surface area (Å²) in [7, 11) is 1.65. The summed E-state index contributed by atoms with van der Waals surface area (Å²) in [6.45, 7) is 0.758. The van der Waals surface area contributed by atoms with E-state index in [9.17, 15) is 4.79 Å². The van der Waals surface area contributed by atoms with Crippen LogP contribution in [-0.2, 0) is 12.8 Å². The Morgan fingerprint density at radius 2 is 1.95 bits per heavy atom. The van der Waals surface area contributed by atoms with Gasteiger partial charge in [-0.3, -0.25) is 4.79 Å². The highest BCUT2D eigenvalue weighted by molar-refractivity contribution is 5.93. The first-order valence-electron chi connectivity index (χ1n) is 7.28. The largest absolute Gasteiger partial charge is 0.493 e. The number of ether oxygens (including phenoxy) is 1. The van der Waals surface area contributed by atoms with Gasteiger partial charge in [-0.2, -0.15) is 0 Å². The lowest BCUT2D eigenvalue weighted by molar-refractivity contribution is 0.0963. The smallest absolute Gasteiger partial charge is 0.251 e. The summed E-state index contributed by atoms with van der Waals surface area (Å²) in [6.07, 6.45) is 2.02. The highest BCUT2D eigenvalue weighted by Gasteiger charge is 2.19. The predicted octanol–water partition coefficient (Wildman–Crippen LogP) is 2.84. The van der Waals surface area contributed by atoms with E-state index in [0.717, 1.165) is 25.2 Å². The molecule has 21 heavy (non-hydrogen) atoms. The van der Waals surface area contributed by atoms with Crippen molar-refractivity contribution in [2.24, 2.45) is 5.92 Å². The molecule has 3 nitrogen and oxygen atoms in total. The Morgan fingerprint density at radius 3 is 2.71 bits per heavy atom. The molecular weight excluding hydrogens is 262 g/mol. The molecule has 1 atom stereocenters. The lowest BCUT2D eigenvalue weighted by Crippen LogP contribution is -2.22. The fourth-order valence-electron chi connectivity index (χ4n) is 2.79. The van der Waals surface area contributed by atoms with Gasteiger partial charge in [-0.25, -0.2) is 0 Å². The van der Waals surface area contributed by atoms with Gasteiger partial charge in [-0.15, -0.1) is 0 Å². The van der Waals surface area contributed by atoms with E-state index in [4.69, 9.17) is 4.74 Å². The average Bonchev–Trinajstić information content (AvgIpc) is 2.55. The lowest BCUT2D eigenvalue weighted by atomic mass is 9.91. The van der Waals surface area contributed by atoms with Crippen molar-refractivity contribution in [1.82, 2.24) is 5.32 Å². The summed E-state index contributed by atoms with van der Waals surface area (Å²) in [5, 5.41) is 2.63. The number of carbonyl (C=O) groups is 1. The van der Waals surface area contributed by atoms with Crippen molar-refractivity contribution in [1.29, 1.82) is 0 Å². The number of carbonyl (C=O) groups excluding carboxylic acids is 1. The number of hydrogen-bond acceptors (Lipinski definition) is 2. The standard InChI is InChI=1S/C18H19NO2/c1-19-18(20)15-8-6-13(7-9-15)10-14-11-16-4-2-3-5-17(16)21-12-14/h2-9,14H,10-12H2,1H3,(H,19,20). The van der Waals surface area contributed by atoms with Crippen molar-refractivity contribution in [3.05, 3.63) is 65.2 Å². The Bertz CT molecular complexity index is 634. The quantitative estimate of drug-likeness (QED) is 0.939. The summed E-state index contributed by atoms with van der Waals surface area (Å²) >= 11 is 0. The molecule has 0 radical (unpaired) electrons. The first-order valence-corrected chi connectivity index (χ1v) is 7.28. The van der Waals surface area contributed by atoms with Crippen LogP contribution in [0.1, 0.15) is 21.5 Å². The molecule has 0 fully saturated rings. The number of rotatable bonds is 3. The van der Waals surface area contributed by atoms with Crippen LogP contribution in [0.4, 0.5) is 0 Å². The topological polar surface area (TPSA) is 38.3 Å². The van der Waals surface area contributed by atoms with Crippen LogP contribution in [-0.4, -0.2) is 19.6 Å². The number of benzene rings is 2. The van der Waals surface area contributed by atoms with Gasteiger partial charge < -0.3 is 10.1 Å². The molecule has 2 aromatic rings. The van der Waals surface area contributed by atoms with Crippen LogP contribution in [0.5, 0.6) is 5.75 Å². The average molecular weight is 281 g/mol. The Morgan fingerprint density at radius 1 is 1.19 bits per heavy atom. The Labute approximate surface area is 124 Å². The van der Waals surface area contributed by atoms with E-state index >= 15 is 0 Å². The van der Waals surface area contributed by atoms with Gasteiger partial charge in [0.1, 0.15) is 5.75 Å². The van der Waals surface area contributed by atoms with Gasteiger partial charge in [0, 0.05) is 18.5 Å². The molecule has 2 aromatic carbocycles. The first kappa shape index (κ1) is 13.7. The fourth-order valence-corrected chi connectivity index (χ4v) is 2.79. The molecule has 1 aliphatic heterocycles. The third-order valence-corrected chi connectivity index (χ3v) is 3.92. The van der Waals surface area contributed by atoms with E-state index in [1.807, 2.05) is 36.4 Å². The summed E-state index contributed by atoms with van der Waals surface area (Å²) in [5.41, 5.74) is 3.23. The van der Waals surface area contributed by atoms with Crippen LogP contribution in [0.2, 0.25) is 0 Å². The molecule has 0 aliphatic carbocycles. The van der Waals surface area contributed by atoms with Crippen molar-refractivity contribution < 1.29 is 9.53 Å². The number of hydrogen-bond donors (Lipinski definition) is 1. The second kappa shape index (κ2) is 6.00. The molecule has 1 N–H and O–H groups in total. The molecule has 0 saturated heterocycles. The molecule has 3 heteroatoms. The third kappa shape index (κ3) is 3.07. The number of para-hydroxylation sites is 1. The zero-order valence-corrected chi connectivity index (χ0v) is 12.1. The van der Waals surface area contributed by atoms with Crippen molar-refractivity contribution in [2.75, 3.05) is 13.7 Å². The van der Waals surface area contributed by atoms with E-state index in [-0.39, 0.29) is 5.91 Å². The molecule has 0 bridgehead atoms. The predicted molar refractivity (Wildman–Crippen MR) is 82.7 cm³/mol. The van der Waals surface area contributed by atoms with Crippen molar-refractivity contribution >= 4 is 5.91 Å². The second-order valence-corrected chi connectivity index (χ2v) is 5.47. The summed E-state index contributed by atoms with van der Waals surface area (Å²) in [4.78, 5) is 11.5. The van der Waals surface area contributed by atoms with Crippen LogP contribution < -0.4 is 10.1 Å². The minimum absolute atomic E-state index is 0.0449. The highest BCUT2D eigenvalue weighted by Crippen LogP contribution is 2.28. The van der Waals surface area contributed by atoms with E-state index in [0.29, 0.717) is 11.5 Å². The normalized spacial score (nSPS) is 16.7. The zero-order chi connectivity index (χ0) is 14.7. The molecule has 0 spiro atoms. The van der Waals surface area contributed by atoms with E-state index in [1.165, 1.54) is 11.1 Å². The van der Waals surface area contributed by atoms with Crippen molar-refractivity contribution in [2.45, 2.75) is 12.8 Å². The summed E-state index contributed by atoms with van der Waals surface area (Å²) < 4.78 is 5.82. The molecule has 0 aromatic heterocycles. The molecular formula is C18H19NO2. The SMILES string of the molecule is CNC(=O)c1ccc(CC2COc3ccccc3C2)cc1. The maximum atomic E-state index is 11.5. The van der Waals surface area contributed by atoms with Crippen LogP contribution in [0.25, 0.3) is 0 Å². The van der Waals surface area contributed by atoms with Gasteiger partial charge in [0.05, 0.1) is 6.61 Å². The monoisotopic (exact) mass is 281 g/mol. The number of fused-ring (bicyclic) bond motifs is 1. The Balaban J connectivity index is 1.66. The first-order chi connectivity index (χ1) is 10.3. The van der Waals surface area contributed by atoms with Crippen molar-refractivity contribution in [3.8, 4) is 5.75 Å². The van der Waals surface area contributed by atoms with E-state index in [2.05, 4.69) is 17.4 Å². The zero-order valence-electron chi connectivity index (χ0n) is 12.1. The minimum Gasteiger partial charge on any atom is -0.493 e. The molecule has 1 amide bonds. The van der Waals surface area contributed by atoms with Gasteiger partial charge in [-0.1, -0.05) is 30.3 Å². The van der Waals surface area contributed by atoms with E-state index < -0.39 is 0 Å². The summed E-state index contributed by atoms with van der Waals surface area (Å²) in [6, 6.07) is 16.1. The summed E-state index contributed by atoms with van der Waals surface area (Å²) in [5.74, 6) is 1.46. The maximum absolute atomic E-state index is 11.5. The van der Waals surface area contributed by atoms with Crippen LogP contribution >= 0.6 is 0 Å². The number of nitrogens with one attached hydrogen (secondary N) is 1. The maximum Gasteiger partial charge on any atom is 0.251 e. The fraction of sp³-hybridized carbons (Fsp3) is 0.278. The van der Waals surface area contributed by atoms with Gasteiger partial charge in [0.25, 0.3) is 5.91 Å². The second-order valence-electron chi connectivity index (χ2n) is 5.47. The lowest BCUT2D eigenvalue weighted by Gasteiger charge is -2.25. The van der Waals surface area contributed by atoms with E-state index in [1.54, 1.807) is 7.05 Å². The van der Waals surface area contributed by atoms with Crippen LogP contribution in [0.3, 0.4) is 0 Å². The van der Waals surface area contributed by atoms with Gasteiger partial charge in [-0.05, 0) is 42.2 Å². The minimum atomic E-state index is -0.0449. The Kier molecular flexibility index (Phi) is 3.91.